The number of halogens is 1. The van der Waals surface area contributed by atoms with Gasteiger partial charge in [0.2, 0.25) is 0 Å². The Morgan fingerprint density at radius 1 is 1.19 bits per heavy atom. The summed E-state index contributed by atoms with van der Waals surface area (Å²) in [4.78, 5) is 20.1. The standard InChI is InChI=1S/C16H17FN2OS/c17-12-7-4-5-9-14(12)21-10-15-18-13-8-3-1-2-6-11(13)16(20)19-15/h4-5,7,9H,1-3,6,8,10H2,(H,18,19,20). The fraction of sp³-hybridized carbons (Fsp3) is 0.375. The van der Waals surface area contributed by atoms with Gasteiger partial charge in [-0.15, -0.1) is 11.8 Å². The lowest BCUT2D eigenvalue weighted by Gasteiger charge is -2.07. The minimum Gasteiger partial charge on any atom is -0.310 e. The van der Waals surface area contributed by atoms with Crippen LogP contribution in [-0.4, -0.2) is 9.97 Å². The first-order chi connectivity index (χ1) is 10.2. The highest BCUT2D eigenvalue weighted by Gasteiger charge is 2.14. The van der Waals surface area contributed by atoms with E-state index in [-0.39, 0.29) is 11.4 Å². The fourth-order valence-corrected chi connectivity index (χ4v) is 3.42. The van der Waals surface area contributed by atoms with E-state index in [4.69, 9.17) is 0 Å². The number of thioether (sulfide) groups is 1. The average molecular weight is 304 g/mol. The quantitative estimate of drug-likeness (QED) is 0.697. The van der Waals surface area contributed by atoms with Crippen molar-refractivity contribution in [2.24, 2.45) is 0 Å². The van der Waals surface area contributed by atoms with Gasteiger partial charge in [0.1, 0.15) is 11.6 Å². The fourth-order valence-electron chi connectivity index (χ4n) is 2.61. The van der Waals surface area contributed by atoms with Crippen LogP contribution in [-0.2, 0) is 18.6 Å². The summed E-state index contributed by atoms with van der Waals surface area (Å²) in [7, 11) is 0. The topological polar surface area (TPSA) is 45.8 Å². The summed E-state index contributed by atoms with van der Waals surface area (Å²) < 4.78 is 13.6. The second-order valence-electron chi connectivity index (χ2n) is 5.22. The zero-order valence-corrected chi connectivity index (χ0v) is 12.5. The molecule has 0 radical (unpaired) electrons. The first-order valence-corrected chi connectivity index (χ1v) is 8.21. The third-order valence-electron chi connectivity index (χ3n) is 3.69. The molecule has 0 aliphatic heterocycles. The molecule has 0 unspecified atom stereocenters. The SMILES string of the molecule is O=c1[nH]c(CSc2ccccc2F)nc2c1CCCCC2. The molecule has 0 saturated heterocycles. The zero-order valence-electron chi connectivity index (χ0n) is 11.7. The number of nitrogens with zero attached hydrogens (tertiary/aromatic N) is 1. The van der Waals surface area contributed by atoms with Crippen LogP contribution < -0.4 is 5.56 Å². The average Bonchev–Trinajstić information content (AvgIpc) is 2.72. The molecule has 1 aromatic heterocycles. The Bertz CT molecular complexity index is 699. The molecule has 1 N–H and O–H groups in total. The van der Waals surface area contributed by atoms with E-state index in [0.29, 0.717) is 16.5 Å². The van der Waals surface area contributed by atoms with Crippen molar-refractivity contribution in [3.63, 3.8) is 0 Å². The summed E-state index contributed by atoms with van der Waals surface area (Å²) in [6.07, 6.45) is 4.98. The van der Waals surface area contributed by atoms with Crippen molar-refractivity contribution in [3.8, 4) is 0 Å². The Morgan fingerprint density at radius 2 is 2.00 bits per heavy atom. The summed E-state index contributed by atoms with van der Waals surface area (Å²) >= 11 is 1.36. The van der Waals surface area contributed by atoms with Crippen LogP contribution in [0.25, 0.3) is 0 Å². The summed E-state index contributed by atoms with van der Waals surface area (Å²) in [5.74, 6) is 0.872. The summed E-state index contributed by atoms with van der Waals surface area (Å²) in [6.45, 7) is 0. The van der Waals surface area contributed by atoms with Crippen molar-refractivity contribution in [2.75, 3.05) is 0 Å². The molecule has 0 fully saturated rings. The van der Waals surface area contributed by atoms with Gasteiger partial charge in [0.15, 0.2) is 0 Å². The first-order valence-electron chi connectivity index (χ1n) is 7.22. The third-order valence-corrected chi connectivity index (χ3v) is 4.75. The van der Waals surface area contributed by atoms with E-state index in [0.717, 1.165) is 43.4 Å². The highest BCUT2D eigenvalue weighted by Crippen LogP contribution is 2.24. The van der Waals surface area contributed by atoms with Gasteiger partial charge in [-0.1, -0.05) is 18.6 Å². The maximum absolute atomic E-state index is 13.6. The van der Waals surface area contributed by atoms with Crippen LogP contribution in [0.2, 0.25) is 0 Å². The van der Waals surface area contributed by atoms with E-state index < -0.39 is 0 Å². The second kappa shape index (κ2) is 6.43. The normalized spacial score (nSPS) is 14.5. The van der Waals surface area contributed by atoms with Crippen LogP contribution in [0.4, 0.5) is 4.39 Å². The van der Waals surface area contributed by atoms with E-state index in [1.807, 2.05) is 0 Å². The molecule has 0 atom stereocenters. The van der Waals surface area contributed by atoms with Crippen molar-refractivity contribution in [3.05, 3.63) is 57.5 Å². The smallest absolute Gasteiger partial charge is 0.254 e. The number of rotatable bonds is 3. The third kappa shape index (κ3) is 3.35. The second-order valence-corrected chi connectivity index (χ2v) is 6.23. The molecule has 1 aliphatic rings. The van der Waals surface area contributed by atoms with E-state index in [2.05, 4.69) is 9.97 Å². The van der Waals surface area contributed by atoms with Crippen LogP contribution in [0.1, 0.15) is 36.3 Å². The number of aromatic amines is 1. The molecule has 0 saturated carbocycles. The number of fused-ring (bicyclic) bond motifs is 1. The van der Waals surface area contributed by atoms with E-state index in [9.17, 15) is 9.18 Å². The van der Waals surface area contributed by atoms with Gasteiger partial charge in [0, 0.05) is 10.5 Å². The molecule has 110 valence electrons. The zero-order chi connectivity index (χ0) is 14.7. The minimum atomic E-state index is -0.236. The van der Waals surface area contributed by atoms with Gasteiger partial charge in [-0.05, 0) is 37.8 Å². The number of nitrogens with one attached hydrogen (secondary N) is 1. The molecule has 21 heavy (non-hydrogen) atoms. The van der Waals surface area contributed by atoms with Crippen molar-refractivity contribution in [1.82, 2.24) is 9.97 Å². The van der Waals surface area contributed by atoms with Crippen molar-refractivity contribution < 1.29 is 4.39 Å². The lowest BCUT2D eigenvalue weighted by atomic mass is 10.1. The highest BCUT2D eigenvalue weighted by atomic mass is 32.2. The van der Waals surface area contributed by atoms with Gasteiger partial charge >= 0.3 is 0 Å². The molecule has 2 aromatic rings. The van der Waals surface area contributed by atoms with Gasteiger partial charge in [0.25, 0.3) is 5.56 Å². The number of aryl methyl sites for hydroxylation is 1. The Balaban J connectivity index is 1.80. The molecule has 1 heterocycles. The molecule has 1 aromatic carbocycles. The predicted octanol–water partition coefficient (Wildman–Crippen LogP) is 3.47. The van der Waals surface area contributed by atoms with E-state index >= 15 is 0 Å². The number of H-pyrrole nitrogens is 1. The largest absolute Gasteiger partial charge is 0.310 e. The van der Waals surface area contributed by atoms with Crippen molar-refractivity contribution in [1.29, 1.82) is 0 Å². The monoisotopic (exact) mass is 304 g/mol. The van der Waals surface area contributed by atoms with Crippen molar-refractivity contribution in [2.45, 2.75) is 42.8 Å². The number of hydrogen-bond donors (Lipinski definition) is 1. The van der Waals surface area contributed by atoms with E-state index in [1.165, 1.54) is 17.8 Å². The predicted molar refractivity (Wildman–Crippen MR) is 82.1 cm³/mol. The van der Waals surface area contributed by atoms with Gasteiger partial charge in [-0.25, -0.2) is 9.37 Å². The molecule has 3 nitrogen and oxygen atoms in total. The van der Waals surface area contributed by atoms with Gasteiger partial charge in [0.05, 0.1) is 11.4 Å². The first kappa shape index (κ1) is 14.3. The number of benzene rings is 1. The Labute approximate surface area is 127 Å². The Morgan fingerprint density at radius 3 is 2.86 bits per heavy atom. The summed E-state index contributed by atoms with van der Waals surface area (Å²) in [6, 6.07) is 6.65. The lowest BCUT2D eigenvalue weighted by molar-refractivity contribution is 0.602. The van der Waals surface area contributed by atoms with Crippen LogP contribution in [0.5, 0.6) is 0 Å². The van der Waals surface area contributed by atoms with Crippen LogP contribution in [0.15, 0.2) is 34.0 Å². The van der Waals surface area contributed by atoms with Gasteiger partial charge < -0.3 is 4.98 Å². The van der Waals surface area contributed by atoms with Crippen LogP contribution in [0.3, 0.4) is 0 Å². The van der Waals surface area contributed by atoms with Gasteiger partial charge in [-0.2, -0.15) is 0 Å². The number of hydrogen-bond acceptors (Lipinski definition) is 3. The van der Waals surface area contributed by atoms with Gasteiger partial charge in [-0.3, -0.25) is 4.79 Å². The van der Waals surface area contributed by atoms with Crippen LogP contribution >= 0.6 is 11.8 Å². The molecular formula is C16H17FN2OS. The Hall–Kier alpha value is -1.62. The molecule has 0 spiro atoms. The summed E-state index contributed by atoms with van der Waals surface area (Å²) in [5.41, 5.74) is 1.75. The molecule has 0 amide bonds. The number of aromatic nitrogens is 2. The van der Waals surface area contributed by atoms with Crippen molar-refractivity contribution >= 4 is 11.8 Å². The molecule has 3 rings (SSSR count). The molecule has 1 aliphatic carbocycles. The maximum atomic E-state index is 13.6. The Kier molecular flexibility index (Phi) is 4.39. The molecule has 0 bridgehead atoms. The minimum absolute atomic E-state index is 0.0222. The van der Waals surface area contributed by atoms with E-state index in [1.54, 1.807) is 18.2 Å². The van der Waals surface area contributed by atoms with Crippen LogP contribution in [0, 0.1) is 5.82 Å². The maximum Gasteiger partial charge on any atom is 0.254 e. The lowest BCUT2D eigenvalue weighted by Crippen LogP contribution is -2.19. The molecule has 5 heteroatoms. The molecular weight excluding hydrogens is 287 g/mol. The highest BCUT2D eigenvalue weighted by molar-refractivity contribution is 7.98. The summed E-state index contributed by atoms with van der Waals surface area (Å²) in [5, 5.41) is 0.